The zero-order valence-corrected chi connectivity index (χ0v) is 12.0. The van der Waals surface area contributed by atoms with E-state index in [1.54, 1.807) is 13.3 Å². The summed E-state index contributed by atoms with van der Waals surface area (Å²) in [6.45, 7) is 3.48. The molecule has 20 heavy (non-hydrogen) atoms. The standard InChI is InChI=1S/C15H18N4O/c1-11-13(7-14(8-16)19(11)2)10-17-9-12-4-5-18-15(6-12)20-3/h4-7,17H,9-10H2,1-3H3. The number of rotatable bonds is 5. The molecule has 0 amide bonds. The van der Waals surface area contributed by atoms with Crippen molar-refractivity contribution < 1.29 is 4.74 Å². The molecular weight excluding hydrogens is 252 g/mol. The quantitative estimate of drug-likeness (QED) is 0.901. The van der Waals surface area contributed by atoms with Gasteiger partial charge in [0, 0.05) is 38.1 Å². The Bertz CT molecular complexity index is 640. The number of ether oxygens (including phenoxy) is 1. The number of nitrogens with zero attached hydrogens (tertiary/aromatic N) is 3. The zero-order chi connectivity index (χ0) is 14.5. The van der Waals surface area contributed by atoms with Gasteiger partial charge in [0.25, 0.3) is 0 Å². The van der Waals surface area contributed by atoms with Crippen LogP contribution in [0.3, 0.4) is 0 Å². The van der Waals surface area contributed by atoms with Gasteiger partial charge in [-0.3, -0.25) is 0 Å². The Labute approximate surface area is 118 Å². The van der Waals surface area contributed by atoms with Crippen molar-refractivity contribution in [1.29, 1.82) is 5.26 Å². The third-order valence-corrected chi connectivity index (χ3v) is 3.41. The largest absolute Gasteiger partial charge is 0.481 e. The second-order valence-electron chi connectivity index (χ2n) is 4.62. The highest BCUT2D eigenvalue weighted by Gasteiger charge is 2.08. The van der Waals surface area contributed by atoms with E-state index < -0.39 is 0 Å². The predicted octanol–water partition coefficient (Wildman–Crippen LogP) is 1.90. The van der Waals surface area contributed by atoms with Crippen molar-refractivity contribution in [3.8, 4) is 11.9 Å². The number of aromatic nitrogens is 2. The summed E-state index contributed by atoms with van der Waals surface area (Å²) in [6, 6.07) is 7.98. The molecule has 0 unspecified atom stereocenters. The van der Waals surface area contributed by atoms with Gasteiger partial charge >= 0.3 is 0 Å². The second kappa shape index (κ2) is 6.22. The smallest absolute Gasteiger partial charge is 0.213 e. The first-order chi connectivity index (χ1) is 9.65. The molecule has 104 valence electrons. The maximum Gasteiger partial charge on any atom is 0.213 e. The van der Waals surface area contributed by atoms with E-state index >= 15 is 0 Å². The van der Waals surface area contributed by atoms with E-state index in [-0.39, 0.29) is 0 Å². The van der Waals surface area contributed by atoms with Gasteiger partial charge in [-0.05, 0) is 30.2 Å². The first kappa shape index (κ1) is 14.1. The maximum absolute atomic E-state index is 9.01. The van der Waals surface area contributed by atoms with Gasteiger partial charge in [0.1, 0.15) is 11.8 Å². The highest BCUT2D eigenvalue weighted by molar-refractivity contribution is 5.34. The van der Waals surface area contributed by atoms with Gasteiger partial charge < -0.3 is 14.6 Å². The lowest BCUT2D eigenvalue weighted by atomic mass is 10.2. The average molecular weight is 270 g/mol. The number of methoxy groups -OCH3 is 1. The average Bonchev–Trinajstić information content (AvgIpc) is 2.75. The van der Waals surface area contributed by atoms with Crippen molar-refractivity contribution in [3.63, 3.8) is 0 Å². The molecule has 5 heteroatoms. The van der Waals surface area contributed by atoms with E-state index in [0.717, 1.165) is 29.9 Å². The van der Waals surface area contributed by atoms with Crippen LogP contribution in [0.25, 0.3) is 0 Å². The Hall–Kier alpha value is -2.32. The summed E-state index contributed by atoms with van der Waals surface area (Å²) < 4.78 is 7.00. The molecule has 2 aromatic rings. The van der Waals surface area contributed by atoms with Gasteiger partial charge in [-0.1, -0.05) is 0 Å². The lowest BCUT2D eigenvalue weighted by molar-refractivity contribution is 0.397. The molecule has 2 heterocycles. The summed E-state index contributed by atoms with van der Waals surface area (Å²) >= 11 is 0. The van der Waals surface area contributed by atoms with Crippen molar-refractivity contribution in [2.45, 2.75) is 20.0 Å². The molecule has 0 radical (unpaired) electrons. The summed E-state index contributed by atoms with van der Waals surface area (Å²) in [5.41, 5.74) is 4.06. The third-order valence-electron chi connectivity index (χ3n) is 3.41. The monoisotopic (exact) mass is 270 g/mol. The van der Waals surface area contributed by atoms with Gasteiger partial charge in [0.05, 0.1) is 7.11 Å². The molecule has 0 aliphatic heterocycles. The van der Waals surface area contributed by atoms with Crippen LogP contribution in [0, 0.1) is 18.3 Å². The second-order valence-corrected chi connectivity index (χ2v) is 4.62. The number of nitrogens with one attached hydrogen (secondary N) is 1. The molecule has 1 N–H and O–H groups in total. The Morgan fingerprint density at radius 3 is 2.85 bits per heavy atom. The van der Waals surface area contributed by atoms with Gasteiger partial charge in [-0.2, -0.15) is 5.26 Å². The number of hydrogen-bond donors (Lipinski definition) is 1. The third kappa shape index (κ3) is 2.98. The number of nitriles is 1. The van der Waals surface area contributed by atoms with Crippen LogP contribution in [0.15, 0.2) is 24.4 Å². The van der Waals surface area contributed by atoms with Crippen LogP contribution in [0.5, 0.6) is 5.88 Å². The summed E-state index contributed by atoms with van der Waals surface area (Å²) in [7, 11) is 3.52. The van der Waals surface area contributed by atoms with Gasteiger partial charge in [-0.15, -0.1) is 0 Å². The normalized spacial score (nSPS) is 10.3. The predicted molar refractivity (Wildman–Crippen MR) is 76.2 cm³/mol. The minimum absolute atomic E-state index is 0.618. The van der Waals surface area contributed by atoms with Crippen LogP contribution in [0.4, 0.5) is 0 Å². The van der Waals surface area contributed by atoms with Gasteiger partial charge in [0.15, 0.2) is 0 Å². The zero-order valence-electron chi connectivity index (χ0n) is 12.0. The fourth-order valence-electron chi connectivity index (χ4n) is 2.06. The van der Waals surface area contributed by atoms with Crippen LogP contribution < -0.4 is 10.1 Å². The minimum Gasteiger partial charge on any atom is -0.481 e. The van der Waals surface area contributed by atoms with Crippen LogP contribution >= 0.6 is 0 Å². The molecule has 0 fully saturated rings. The van der Waals surface area contributed by atoms with Crippen molar-refractivity contribution in [2.75, 3.05) is 7.11 Å². The summed E-state index contributed by atoms with van der Waals surface area (Å²) in [5, 5.41) is 12.4. The first-order valence-electron chi connectivity index (χ1n) is 6.40. The molecule has 2 rings (SSSR count). The van der Waals surface area contributed by atoms with Crippen LogP contribution in [-0.2, 0) is 20.1 Å². The molecular formula is C15H18N4O. The Balaban J connectivity index is 1.98. The van der Waals surface area contributed by atoms with Crippen LogP contribution in [0.2, 0.25) is 0 Å². The van der Waals surface area contributed by atoms with E-state index in [1.807, 2.05) is 36.7 Å². The molecule has 5 nitrogen and oxygen atoms in total. The highest BCUT2D eigenvalue weighted by Crippen LogP contribution is 2.13. The van der Waals surface area contributed by atoms with Crippen molar-refractivity contribution in [1.82, 2.24) is 14.9 Å². The Morgan fingerprint density at radius 2 is 2.20 bits per heavy atom. The van der Waals surface area contributed by atoms with E-state index in [0.29, 0.717) is 11.6 Å². The lowest BCUT2D eigenvalue weighted by Gasteiger charge is -2.06. The lowest BCUT2D eigenvalue weighted by Crippen LogP contribution is -2.13. The number of hydrogen-bond acceptors (Lipinski definition) is 4. The van der Waals surface area contributed by atoms with E-state index in [1.165, 1.54) is 0 Å². The highest BCUT2D eigenvalue weighted by atomic mass is 16.5. The Kier molecular flexibility index (Phi) is 4.38. The SMILES string of the molecule is COc1cc(CNCc2cc(C#N)n(C)c2C)ccn1. The van der Waals surface area contributed by atoms with Crippen molar-refractivity contribution in [3.05, 3.63) is 46.9 Å². The van der Waals surface area contributed by atoms with Crippen LogP contribution in [0.1, 0.15) is 22.5 Å². The first-order valence-corrected chi connectivity index (χ1v) is 6.40. The number of pyridine rings is 1. The van der Waals surface area contributed by atoms with Crippen molar-refractivity contribution >= 4 is 0 Å². The molecule has 0 aliphatic carbocycles. The van der Waals surface area contributed by atoms with Gasteiger partial charge in [-0.25, -0.2) is 4.98 Å². The van der Waals surface area contributed by atoms with E-state index in [4.69, 9.17) is 10.00 Å². The minimum atomic E-state index is 0.618. The summed E-state index contributed by atoms with van der Waals surface area (Å²) in [4.78, 5) is 4.07. The summed E-state index contributed by atoms with van der Waals surface area (Å²) in [6.07, 6.45) is 1.73. The van der Waals surface area contributed by atoms with Crippen molar-refractivity contribution in [2.24, 2.45) is 7.05 Å². The molecule has 0 saturated heterocycles. The van der Waals surface area contributed by atoms with E-state index in [9.17, 15) is 0 Å². The fraction of sp³-hybridized carbons (Fsp3) is 0.333. The topological polar surface area (TPSA) is 62.9 Å². The Morgan fingerprint density at radius 1 is 1.40 bits per heavy atom. The summed E-state index contributed by atoms with van der Waals surface area (Å²) in [5.74, 6) is 0.618. The molecule has 0 spiro atoms. The fourth-order valence-corrected chi connectivity index (χ4v) is 2.06. The van der Waals surface area contributed by atoms with E-state index in [2.05, 4.69) is 16.4 Å². The van der Waals surface area contributed by atoms with Gasteiger partial charge in [0.2, 0.25) is 5.88 Å². The maximum atomic E-state index is 9.01. The molecule has 0 bridgehead atoms. The molecule has 0 atom stereocenters. The molecule has 2 aromatic heterocycles. The van der Waals surface area contributed by atoms with Crippen LogP contribution in [-0.4, -0.2) is 16.7 Å². The molecule has 0 saturated carbocycles. The molecule has 0 aliphatic rings. The molecule has 0 aromatic carbocycles.